The highest BCUT2D eigenvalue weighted by molar-refractivity contribution is 5.00. The van der Waals surface area contributed by atoms with E-state index in [9.17, 15) is 0 Å². The van der Waals surface area contributed by atoms with Crippen LogP contribution in [0.25, 0.3) is 0 Å². The molecule has 0 aromatic carbocycles. The maximum absolute atomic E-state index is 5.34. The second-order valence-corrected chi connectivity index (χ2v) is 3.74. The molecule has 2 heteroatoms. The molecule has 2 atom stereocenters. The van der Waals surface area contributed by atoms with Gasteiger partial charge in [0.25, 0.3) is 0 Å². The highest BCUT2D eigenvalue weighted by Gasteiger charge is 2.22. The first kappa shape index (κ1) is 10.6. The van der Waals surface area contributed by atoms with Gasteiger partial charge in [0.1, 0.15) is 0 Å². The molecule has 0 bridgehead atoms. The van der Waals surface area contributed by atoms with Gasteiger partial charge in [0, 0.05) is 12.0 Å². The molecule has 0 saturated carbocycles. The molecule has 0 aromatic heterocycles. The average molecular weight is 183 g/mol. The van der Waals surface area contributed by atoms with Gasteiger partial charge in [-0.25, -0.2) is 0 Å². The van der Waals surface area contributed by atoms with E-state index >= 15 is 0 Å². The molecule has 76 valence electrons. The fourth-order valence-electron chi connectivity index (χ4n) is 2.07. The zero-order chi connectivity index (χ0) is 9.68. The second kappa shape index (κ2) is 5.28. The summed E-state index contributed by atoms with van der Waals surface area (Å²) in [6.45, 7) is 5.44. The van der Waals surface area contributed by atoms with E-state index in [-0.39, 0.29) is 0 Å². The van der Waals surface area contributed by atoms with E-state index in [1.54, 1.807) is 7.11 Å². The number of piperidine rings is 1. The van der Waals surface area contributed by atoms with Crippen LogP contribution >= 0.6 is 0 Å². The molecule has 1 aliphatic heterocycles. The molecule has 0 spiro atoms. The number of hydrogen-bond donors (Lipinski definition) is 1. The summed E-state index contributed by atoms with van der Waals surface area (Å²) < 4.78 is 5.34. The SMILES string of the molecule is CC=C(OC)C(C)C1CCCCN1. The Morgan fingerprint density at radius 2 is 2.31 bits per heavy atom. The number of ether oxygens (including phenoxy) is 1. The molecular formula is C11H21NO. The first-order valence-electron chi connectivity index (χ1n) is 5.23. The standard InChI is InChI=1S/C11H21NO/c1-4-11(13-3)9(2)10-7-5-6-8-12-10/h4,9-10,12H,5-8H2,1-3H3. The molecule has 13 heavy (non-hydrogen) atoms. The van der Waals surface area contributed by atoms with Crippen molar-refractivity contribution >= 4 is 0 Å². The molecule has 2 unspecified atom stereocenters. The van der Waals surface area contributed by atoms with E-state index < -0.39 is 0 Å². The van der Waals surface area contributed by atoms with Crippen LogP contribution < -0.4 is 5.32 Å². The van der Waals surface area contributed by atoms with Gasteiger partial charge in [0.2, 0.25) is 0 Å². The summed E-state index contributed by atoms with van der Waals surface area (Å²) in [6.07, 6.45) is 6.02. The van der Waals surface area contributed by atoms with Crippen molar-refractivity contribution in [1.82, 2.24) is 5.32 Å². The molecular weight excluding hydrogens is 162 g/mol. The molecule has 1 N–H and O–H groups in total. The minimum absolute atomic E-state index is 0.510. The quantitative estimate of drug-likeness (QED) is 0.678. The Morgan fingerprint density at radius 1 is 1.54 bits per heavy atom. The predicted octanol–water partition coefficient (Wildman–Crippen LogP) is 2.31. The monoisotopic (exact) mass is 183 g/mol. The molecule has 0 aromatic rings. The molecule has 1 rings (SSSR count). The van der Waals surface area contributed by atoms with Gasteiger partial charge in [-0.05, 0) is 32.4 Å². The van der Waals surface area contributed by atoms with Gasteiger partial charge < -0.3 is 10.1 Å². The van der Waals surface area contributed by atoms with Gasteiger partial charge in [0.05, 0.1) is 12.9 Å². The number of methoxy groups -OCH3 is 1. The van der Waals surface area contributed by atoms with Crippen LogP contribution in [0.5, 0.6) is 0 Å². The third-order valence-electron chi connectivity index (χ3n) is 2.92. The minimum Gasteiger partial charge on any atom is -0.501 e. The van der Waals surface area contributed by atoms with E-state index in [1.807, 2.05) is 6.92 Å². The molecule has 0 radical (unpaired) electrons. The van der Waals surface area contributed by atoms with Crippen molar-refractivity contribution in [3.8, 4) is 0 Å². The van der Waals surface area contributed by atoms with Crippen molar-refractivity contribution in [3.05, 3.63) is 11.8 Å². The third-order valence-corrected chi connectivity index (χ3v) is 2.92. The molecule has 2 nitrogen and oxygen atoms in total. The summed E-state index contributed by atoms with van der Waals surface area (Å²) in [6, 6.07) is 0.611. The van der Waals surface area contributed by atoms with Gasteiger partial charge in [0.15, 0.2) is 0 Å². The highest BCUT2D eigenvalue weighted by Crippen LogP contribution is 2.21. The zero-order valence-corrected chi connectivity index (χ0v) is 8.97. The summed E-state index contributed by atoms with van der Waals surface area (Å²) in [5, 5.41) is 3.55. The summed E-state index contributed by atoms with van der Waals surface area (Å²) in [5.74, 6) is 1.62. The van der Waals surface area contributed by atoms with Crippen molar-refractivity contribution in [3.63, 3.8) is 0 Å². The van der Waals surface area contributed by atoms with Gasteiger partial charge in [-0.2, -0.15) is 0 Å². The lowest BCUT2D eigenvalue weighted by molar-refractivity contribution is 0.208. The highest BCUT2D eigenvalue weighted by atomic mass is 16.5. The Kier molecular flexibility index (Phi) is 4.29. The van der Waals surface area contributed by atoms with Crippen LogP contribution in [0.15, 0.2) is 11.8 Å². The average Bonchev–Trinajstić information content (AvgIpc) is 2.21. The summed E-state index contributed by atoms with van der Waals surface area (Å²) in [7, 11) is 1.76. The molecule has 1 fully saturated rings. The van der Waals surface area contributed by atoms with Gasteiger partial charge >= 0.3 is 0 Å². The maximum atomic E-state index is 5.34. The van der Waals surface area contributed by atoms with Crippen LogP contribution in [0.3, 0.4) is 0 Å². The van der Waals surface area contributed by atoms with E-state index in [2.05, 4.69) is 18.3 Å². The summed E-state index contributed by atoms with van der Waals surface area (Å²) in [4.78, 5) is 0. The van der Waals surface area contributed by atoms with E-state index in [1.165, 1.54) is 19.3 Å². The summed E-state index contributed by atoms with van der Waals surface area (Å²) in [5.41, 5.74) is 0. The number of nitrogens with one attached hydrogen (secondary N) is 1. The minimum atomic E-state index is 0.510. The lowest BCUT2D eigenvalue weighted by atomic mass is 9.92. The Bertz CT molecular complexity index is 171. The molecule has 0 amide bonds. The van der Waals surface area contributed by atoms with Crippen molar-refractivity contribution in [2.75, 3.05) is 13.7 Å². The fraction of sp³-hybridized carbons (Fsp3) is 0.818. The van der Waals surface area contributed by atoms with Crippen LogP contribution in [-0.4, -0.2) is 19.7 Å². The Morgan fingerprint density at radius 3 is 2.77 bits per heavy atom. The number of hydrogen-bond acceptors (Lipinski definition) is 2. The van der Waals surface area contributed by atoms with Crippen LogP contribution in [0.2, 0.25) is 0 Å². The normalized spacial score (nSPS) is 27.0. The van der Waals surface area contributed by atoms with Crippen molar-refractivity contribution in [1.29, 1.82) is 0 Å². The second-order valence-electron chi connectivity index (χ2n) is 3.74. The molecule has 1 aliphatic rings. The van der Waals surface area contributed by atoms with E-state index in [0.29, 0.717) is 12.0 Å². The maximum Gasteiger partial charge on any atom is 0.0956 e. The lowest BCUT2D eigenvalue weighted by Crippen LogP contribution is -2.39. The fourth-order valence-corrected chi connectivity index (χ4v) is 2.07. The Hall–Kier alpha value is -0.500. The molecule has 0 aliphatic carbocycles. The zero-order valence-electron chi connectivity index (χ0n) is 8.97. The van der Waals surface area contributed by atoms with E-state index in [4.69, 9.17) is 4.74 Å². The number of rotatable bonds is 3. The van der Waals surface area contributed by atoms with Crippen LogP contribution in [0, 0.1) is 5.92 Å². The lowest BCUT2D eigenvalue weighted by Gasteiger charge is -2.29. The first-order valence-corrected chi connectivity index (χ1v) is 5.23. The van der Waals surface area contributed by atoms with Crippen molar-refractivity contribution in [2.45, 2.75) is 39.2 Å². The van der Waals surface area contributed by atoms with Crippen LogP contribution in [0.1, 0.15) is 33.1 Å². The third kappa shape index (κ3) is 2.73. The smallest absolute Gasteiger partial charge is 0.0956 e. The van der Waals surface area contributed by atoms with Crippen LogP contribution in [0.4, 0.5) is 0 Å². The molecule has 1 saturated heterocycles. The molecule has 1 heterocycles. The van der Waals surface area contributed by atoms with Gasteiger partial charge in [-0.3, -0.25) is 0 Å². The van der Waals surface area contributed by atoms with Crippen molar-refractivity contribution in [2.24, 2.45) is 5.92 Å². The largest absolute Gasteiger partial charge is 0.501 e. The van der Waals surface area contributed by atoms with Crippen molar-refractivity contribution < 1.29 is 4.74 Å². The van der Waals surface area contributed by atoms with Gasteiger partial charge in [-0.15, -0.1) is 0 Å². The number of allylic oxidation sites excluding steroid dienone is 1. The van der Waals surface area contributed by atoms with E-state index in [0.717, 1.165) is 12.3 Å². The van der Waals surface area contributed by atoms with Crippen LogP contribution in [-0.2, 0) is 4.74 Å². The Balaban J connectivity index is 2.49. The predicted molar refractivity (Wildman–Crippen MR) is 55.6 cm³/mol. The first-order chi connectivity index (χ1) is 6.29. The topological polar surface area (TPSA) is 21.3 Å². The Labute approximate surface area is 81.4 Å². The summed E-state index contributed by atoms with van der Waals surface area (Å²) >= 11 is 0. The van der Waals surface area contributed by atoms with Gasteiger partial charge in [-0.1, -0.05) is 13.3 Å².